The first-order valence-electron chi connectivity index (χ1n) is 6.52. The van der Waals surface area contributed by atoms with Crippen LogP contribution in [-0.2, 0) is 0 Å². The minimum Gasteiger partial charge on any atom is -0.313 e. The van der Waals surface area contributed by atoms with Crippen molar-refractivity contribution >= 4 is 0 Å². The number of rotatable bonds is 7. The highest BCUT2D eigenvalue weighted by Crippen LogP contribution is 2.45. The van der Waals surface area contributed by atoms with E-state index in [2.05, 4.69) is 44.8 Å². The zero-order chi connectivity index (χ0) is 11.5. The molecule has 90 valence electrons. The zero-order valence-electron chi connectivity index (χ0n) is 11.1. The fraction of sp³-hybridized carbons (Fsp3) is 1.00. The second-order valence-electron chi connectivity index (χ2n) is 5.47. The molecule has 0 unspecified atom stereocenters. The molecule has 0 amide bonds. The molecule has 1 fully saturated rings. The third-order valence-electron chi connectivity index (χ3n) is 3.62. The molecule has 0 heterocycles. The molecule has 1 N–H and O–H groups in total. The van der Waals surface area contributed by atoms with Crippen LogP contribution in [0.15, 0.2) is 0 Å². The van der Waals surface area contributed by atoms with Crippen LogP contribution in [-0.4, -0.2) is 35.6 Å². The van der Waals surface area contributed by atoms with Crippen LogP contribution in [0.5, 0.6) is 0 Å². The van der Waals surface area contributed by atoms with E-state index in [0.29, 0.717) is 17.6 Å². The molecule has 1 aliphatic rings. The highest BCUT2D eigenvalue weighted by Gasteiger charge is 2.46. The third kappa shape index (κ3) is 3.46. The molecule has 0 atom stereocenters. The summed E-state index contributed by atoms with van der Waals surface area (Å²) in [5, 5.41) is 3.51. The topological polar surface area (TPSA) is 15.3 Å². The van der Waals surface area contributed by atoms with Gasteiger partial charge in [-0.25, -0.2) is 0 Å². The summed E-state index contributed by atoms with van der Waals surface area (Å²) < 4.78 is 0. The van der Waals surface area contributed by atoms with Gasteiger partial charge in [0.1, 0.15) is 0 Å². The zero-order valence-corrected chi connectivity index (χ0v) is 11.1. The Balaban J connectivity index is 2.38. The van der Waals surface area contributed by atoms with Gasteiger partial charge in [0.25, 0.3) is 0 Å². The standard InChI is InChI=1S/C13H28N2/c1-6-13(7-8-13)15(12(4)5)10-9-14-11(2)3/h11-12,14H,6-10H2,1-5H3. The van der Waals surface area contributed by atoms with Gasteiger partial charge in [0, 0.05) is 30.7 Å². The van der Waals surface area contributed by atoms with Crippen LogP contribution < -0.4 is 5.32 Å². The van der Waals surface area contributed by atoms with Gasteiger partial charge in [0.2, 0.25) is 0 Å². The summed E-state index contributed by atoms with van der Waals surface area (Å²) >= 11 is 0. The molecular formula is C13H28N2. The van der Waals surface area contributed by atoms with Crippen molar-refractivity contribution in [2.24, 2.45) is 0 Å². The minimum absolute atomic E-state index is 0.562. The SMILES string of the molecule is CCC1(N(CCNC(C)C)C(C)C)CC1. The van der Waals surface area contributed by atoms with Crippen LogP contribution in [0.2, 0.25) is 0 Å². The molecule has 2 nitrogen and oxygen atoms in total. The van der Waals surface area contributed by atoms with Crippen molar-refractivity contribution in [1.82, 2.24) is 10.2 Å². The van der Waals surface area contributed by atoms with E-state index in [1.807, 2.05) is 0 Å². The van der Waals surface area contributed by atoms with E-state index in [9.17, 15) is 0 Å². The molecular weight excluding hydrogens is 184 g/mol. The maximum atomic E-state index is 3.51. The summed E-state index contributed by atoms with van der Waals surface area (Å²) in [7, 11) is 0. The van der Waals surface area contributed by atoms with E-state index < -0.39 is 0 Å². The number of nitrogens with zero attached hydrogens (tertiary/aromatic N) is 1. The molecule has 0 aliphatic heterocycles. The first kappa shape index (κ1) is 13.0. The Morgan fingerprint density at radius 2 is 1.80 bits per heavy atom. The Hall–Kier alpha value is -0.0800. The molecule has 0 aromatic carbocycles. The second kappa shape index (κ2) is 5.31. The van der Waals surface area contributed by atoms with Crippen molar-refractivity contribution in [3.63, 3.8) is 0 Å². The molecule has 0 bridgehead atoms. The van der Waals surface area contributed by atoms with Crippen LogP contribution in [0, 0.1) is 0 Å². The Kier molecular flexibility index (Phi) is 4.60. The molecule has 1 saturated carbocycles. The second-order valence-corrected chi connectivity index (χ2v) is 5.47. The largest absolute Gasteiger partial charge is 0.313 e. The first-order chi connectivity index (χ1) is 7.02. The molecule has 1 rings (SSSR count). The van der Waals surface area contributed by atoms with Crippen molar-refractivity contribution < 1.29 is 0 Å². The summed E-state index contributed by atoms with van der Waals surface area (Å²) in [5.41, 5.74) is 0.562. The molecule has 0 radical (unpaired) electrons. The Labute approximate surface area is 95.4 Å². The van der Waals surface area contributed by atoms with Gasteiger partial charge in [-0.1, -0.05) is 20.8 Å². The van der Waals surface area contributed by atoms with Gasteiger partial charge < -0.3 is 5.32 Å². The molecule has 0 saturated heterocycles. The third-order valence-corrected chi connectivity index (χ3v) is 3.62. The molecule has 0 spiro atoms. The minimum atomic E-state index is 0.562. The van der Waals surface area contributed by atoms with Gasteiger partial charge in [-0.2, -0.15) is 0 Å². The van der Waals surface area contributed by atoms with Gasteiger partial charge in [0.15, 0.2) is 0 Å². The fourth-order valence-corrected chi connectivity index (χ4v) is 2.50. The number of nitrogens with one attached hydrogen (secondary N) is 1. The maximum Gasteiger partial charge on any atom is 0.0211 e. The lowest BCUT2D eigenvalue weighted by Gasteiger charge is -2.35. The maximum absolute atomic E-state index is 3.51. The lowest BCUT2D eigenvalue weighted by molar-refractivity contribution is 0.130. The molecule has 0 aromatic rings. The molecule has 0 aromatic heterocycles. The van der Waals surface area contributed by atoms with Crippen LogP contribution in [0.3, 0.4) is 0 Å². The smallest absolute Gasteiger partial charge is 0.0211 e. The first-order valence-corrected chi connectivity index (χ1v) is 6.52. The van der Waals surface area contributed by atoms with Crippen LogP contribution >= 0.6 is 0 Å². The highest BCUT2D eigenvalue weighted by atomic mass is 15.3. The average molecular weight is 212 g/mol. The summed E-state index contributed by atoms with van der Waals surface area (Å²) in [6.07, 6.45) is 4.12. The lowest BCUT2D eigenvalue weighted by Crippen LogP contribution is -2.46. The van der Waals surface area contributed by atoms with E-state index in [1.165, 1.54) is 25.8 Å². The normalized spacial score (nSPS) is 19.2. The van der Waals surface area contributed by atoms with E-state index in [1.54, 1.807) is 0 Å². The van der Waals surface area contributed by atoms with Crippen molar-refractivity contribution in [3.8, 4) is 0 Å². The predicted octanol–water partition coefficient (Wildman–Crippen LogP) is 2.64. The van der Waals surface area contributed by atoms with Gasteiger partial charge in [-0.05, 0) is 33.1 Å². The predicted molar refractivity (Wildman–Crippen MR) is 67.2 cm³/mol. The van der Waals surface area contributed by atoms with Gasteiger partial charge in [-0.3, -0.25) is 4.90 Å². The lowest BCUT2D eigenvalue weighted by atomic mass is 10.1. The average Bonchev–Trinajstić information content (AvgIpc) is 2.92. The van der Waals surface area contributed by atoms with Crippen LogP contribution in [0.25, 0.3) is 0 Å². The Morgan fingerprint density at radius 1 is 1.20 bits per heavy atom. The summed E-state index contributed by atoms with van der Waals surface area (Å²) in [4.78, 5) is 2.70. The molecule has 15 heavy (non-hydrogen) atoms. The quantitative estimate of drug-likeness (QED) is 0.698. The fourth-order valence-electron chi connectivity index (χ4n) is 2.50. The number of hydrogen-bond acceptors (Lipinski definition) is 2. The van der Waals surface area contributed by atoms with E-state index in [4.69, 9.17) is 0 Å². The monoisotopic (exact) mass is 212 g/mol. The van der Waals surface area contributed by atoms with Gasteiger partial charge in [0.05, 0.1) is 0 Å². The summed E-state index contributed by atoms with van der Waals surface area (Å²) in [6.45, 7) is 13.7. The van der Waals surface area contributed by atoms with Crippen molar-refractivity contribution in [3.05, 3.63) is 0 Å². The molecule has 1 aliphatic carbocycles. The van der Waals surface area contributed by atoms with Crippen molar-refractivity contribution in [2.45, 2.75) is 71.5 Å². The Bertz CT molecular complexity index is 183. The molecule has 2 heteroatoms. The van der Waals surface area contributed by atoms with Crippen LogP contribution in [0.4, 0.5) is 0 Å². The summed E-state index contributed by atoms with van der Waals surface area (Å²) in [5.74, 6) is 0. The van der Waals surface area contributed by atoms with E-state index >= 15 is 0 Å². The van der Waals surface area contributed by atoms with E-state index in [0.717, 1.165) is 6.54 Å². The van der Waals surface area contributed by atoms with Crippen molar-refractivity contribution in [1.29, 1.82) is 0 Å². The van der Waals surface area contributed by atoms with Gasteiger partial charge >= 0.3 is 0 Å². The van der Waals surface area contributed by atoms with E-state index in [-0.39, 0.29) is 0 Å². The van der Waals surface area contributed by atoms with Crippen molar-refractivity contribution in [2.75, 3.05) is 13.1 Å². The number of hydrogen-bond donors (Lipinski definition) is 1. The van der Waals surface area contributed by atoms with Crippen LogP contribution in [0.1, 0.15) is 53.9 Å². The summed E-state index contributed by atoms with van der Waals surface area (Å²) in [6, 6.07) is 1.29. The van der Waals surface area contributed by atoms with Gasteiger partial charge in [-0.15, -0.1) is 0 Å². The highest BCUT2D eigenvalue weighted by molar-refractivity contribution is 5.03. The Morgan fingerprint density at radius 3 is 2.13 bits per heavy atom.